The number of hydrogen-bond donors (Lipinski definition) is 2. The number of nitrogens with one attached hydrogen (secondary N) is 2. The van der Waals surface area contributed by atoms with Crippen LogP contribution in [-0.2, 0) is 0 Å². The van der Waals surface area contributed by atoms with E-state index in [-0.39, 0.29) is 5.91 Å². The molecular weight excluding hydrogens is 372 g/mol. The Morgan fingerprint density at radius 2 is 1.76 bits per heavy atom. The van der Waals surface area contributed by atoms with Crippen molar-refractivity contribution >= 4 is 17.5 Å². The van der Waals surface area contributed by atoms with Gasteiger partial charge in [0.25, 0.3) is 5.91 Å². The summed E-state index contributed by atoms with van der Waals surface area (Å²) < 4.78 is 16.7. The molecule has 0 saturated carbocycles. The third-order valence-electron chi connectivity index (χ3n) is 4.14. The van der Waals surface area contributed by atoms with Gasteiger partial charge < -0.3 is 24.8 Å². The summed E-state index contributed by atoms with van der Waals surface area (Å²) in [6.45, 7) is 1.83. The van der Waals surface area contributed by atoms with Crippen molar-refractivity contribution in [3.63, 3.8) is 0 Å². The number of aryl methyl sites for hydroxylation is 1. The molecule has 1 aromatic heterocycles. The summed E-state index contributed by atoms with van der Waals surface area (Å²) in [6.07, 6.45) is 1.64. The highest BCUT2D eigenvalue weighted by Gasteiger charge is 2.15. The Hall–Kier alpha value is -3.81. The van der Waals surface area contributed by atoms with Gasteiger partial charge in [0.2, 0.25) is 11.8 Å². The first-order valence-electron chi connectivity index (χ1n) is 8.88. The molecule has 1 heterocycles. The summed E-state index contributed by atoms with van der Waals surface area (Å²) in [4.78, 5) is 20.8. The molecule has 8 heteroatoms. The Kier molecular flexibility index (Phi) is 6.13. The second-order valence-corrected chi connectivity index (χ2v) is 6.03. The highest BCUT2D eigenvalue weighted by atomic mass is 16.5. The van der Waals surface area contributed by atoms with E-state index in [1.807, 2.05) is 19.1 Å². The van der Waals surface area contributed by atoms with Crippen LogP contribution in [0.25, 0.3) is 0 Å². The van der Waals surface area contributed by atoms with Gasteiger partial charge in [-0.25, -0.2) is 4.98 Å². The standard InChI is InChI=1S/C21H22N4O4/c1-13-12-23-21(24-15-9-7-11-17(27-3)18(15)28-4)25-20(13)29-16-10-6-5-8-14(16)19(26)22-2/h5-12H,1-4H3,(H,22,26)(H,23,24,25). The Morgan fingerprint density at radius 3 is 2.48 bits per heavy atom. The number of rotatable bonds is 7. The van der Waals surface area contributed by atoms with Crippen LogP contribution in [0.4, 0.5) is 11.6 Å². The van der Waals surface area contributed by atoms with E-state index in [0.717, 1.165) is 5.56 Å². The van der Waals surface area contributed by atoms with Gasteiger partial charge in [-0.3, -0.25) is 4.79 Å². The predicted octanol–water partition coefficient (Wildman–Crippen LogP) is 3.70. The van der Waals surface area contributed by atoms with Gasteiger partial charge >= 0.3 is 0 Å². The molecule has 1 amide bonds. The molecule has 0 fully saturated rings. The van der Waals surface area contributed by atoms with Crippen LogP contribution in [-0.4, -0.2) is 37.1 Å². The maximum absolute atomic E-state index is 12.1. The topological polar surface area (TPSA) is 94.6 Å². The van der Waals surface area contributed by atoms with Crippen LogP contribution in [0.3, 0.4) is 0 Å². The van der Waals surface area contributed by atoms with Crippen LogP contribution in [0.2, 0.25) is 0 Å². The zero-order valence-electron chi connectivity index (χ0n) is 16.6. The largest absolute Gasteiger partial charge is 0.493 e. The molecule has 3 aromatic rings. The lowest BCUT2D eigenvalue weighted by Crippen LogP contribution is -2.18. The molecule has 3 rings (SSSR count). The molecule has 0 aliphatic rings. The van der Waals surface area contributed by atoms with Gasteiger partial charge in [0.15, 0.2) is 11.5 Å². The summed E-state index contributed by atoms with van der Waals surface area (Å²) in [5.41, 5.74) is 1.78. The number of hydrogen-bond acceptors (Lipinski definition) is 7. The van der Waals surface area contributed by atoms with Gasteiger partial charge in [0, 0.05) is 18.8 Å². The van der Waals surface area contributed by atoms with Crippen molar-refractivity contribution in [3.05, 3.63) is 59.8 Å². The number of benzene rings is 2. The fraction of sp³-hybridized carbons (Fsp3) is 0.190. The van der Waals surface area contributed by atoms with E-state index in [9.17, 15) is 4.79 Å². The van der Waals surface area contributed by atoms with E-state index in [0.29, 0.717) is 40.3 Å². The Labute approximate surface area is 168 Å². The third-order valence-corrected chi connectivity index (χ3v) is 4.14. The van der Waals surface area contributed by atoms with E-state index in [1.54, 1.807) is 57.8 Å². The molecule has 0 spiro atoms. The van der Waals surface area contributed by atoms with E-state index in [1.165, 1.54) is 0 Å². The summed E-state index contributed by atoms with van der Waals surface area (Å²) in [7, 11) is 4.70. The number of aromatic nitrogens is 2. The van der Waals surface area contributed by atoms with Crippen molar-refractivity contribution in [1.29, 1.82) is 0 Å². The van der Waals surface area contributed by atoms with Gasteiger partial charge in [-0.2, -0.15) is 4.98 Å². The molecule has 0 atom stereocenters. The monoisotopic (exact) mass is 394 g/mol. The average Bonchev–Trinajstić information content (AvgIpc) is 2.75. The molecule has 2 aromatic carbocycles. The zero-order valence-corrected chi connectivity index (χ0v) is 16.6. The minimum Gasteiger partial charge on any atom is -0.493 e. The van der Waals surface area contributed by atoms with Gasteiger partial charge in [-0.1, -0.05) is 18.2 Å². The van der Waals surface area contributed by atoms with E-state index < -0.39 is 0 Å². The van der Waals surface area contributed by atoms with Gasteiger partial charge in [0.05, 0.1) is 25.5 Å². The maximum atomic E-state index is 12.1. The average molecular weight is 394 g/mol. The zero-order chi connectivity index (χ0) is 20.8. The fourth-order valence-electron chi connectivity index (χ4n) is 2.68. The first kappa shape index (κ1) is 19.9. The van der Waals surface area contributed by atoms with Crippen LogP contribution >= 0.6 is 0 Å². The van der Waals surface area contributed by atoms with Gasteiger partial charge in [0.1, 0.15) is 5.75 Å². The van der Waals surface area contributed by atoms with Crippen LogP contribution < -0.4 is 24.8 Å². The number of nitrogens with zero attached hydrogens (tertiary/aromatic N) is 2. The minimum absolute atomic E-state index is 0.244. The van der Waals surface area contributed by atoms with Crippen molar-refractivity contribution < 1.29 is 19.0 Å². The fourth-order valence-corrected chi connectivity index (χ4v) is 2.68. The van der Waals surface area contributed by atoms with Crippen LogP contribution in [0.15, 0.2) is 48.7 Å². The summed E-state index contributed by atoms with van der Waals surface area (Å²) in [5, 5.41) is 5.71. The van der Waals surface area contributed by atoms with Crippen LogP contribution in [0.5, 0.6) is 23.1 Å². The number of methoxy groups -OCH3 is 2. The molecule has 0 bridgehead atoms. The molecule has 0 aliphatic carbocycles. The highest BCUT2D eigenvalue weighted by molar-refractivity contribution is 5.96. The van der Waals surface area contributed by atoms with Crippen LogP contribution in [0.1, 0.15) is 15.9 Å². The lowest BCUT2D eigenvalue weighted by Gasteiger charge is -2.15. The van der Waals surface area contributed by atoms with Gasteiger partial charge in [-0.15, -0.1) is 0 Å². The summed E-state index contributed by atoms with van der Waals surface area (Å²) >= 11 is 0. The molecule has 8 nitrogen and oxygen atoms in total. The highest BCUT2D eigenvalue weighted by Crippen LogP contribution is 2.36. The minimum atomic E-state index is -0.244. The summed E-state index contributed by atoms with van der Waals surface area (Å²) in [6, 6.07) is 12.4. The quantitative estimate of drug-likeness (QED) is 0.631. The van der Waals surface area contributed by atoms with Crippen molar-refractivity contribution in [2.45, 2.75) is 6.92 Å². The Morgan fingerprint density at radius 1 is 1.00 bits per heavy atom. The number of amides is 1. The van der Waals surface area contributed by atoms with Gasteiger partial charge in [-0.05, 0) is 31.2 Å². The molecule has 0 radical (unpaired) electrons. The SMILES string of the molecule is CNC(=O)c1ccccc1Oc1nc(Nc2cccc(OC)c2OC)ncc1C. The molecular formula is C21H22N4O4. The number of ether oxygens (including phenoxy) is 3. The second kappa shape index (κ2) is 8.92. The van der Waals surface area contributed by atoms with Crippen molar-refractivity contribution in [1.82, 2.24) is 15.3 Å². The lowest BCUT2D eigenvalue weighted by molar-refractivity contribution is 0.0960. The lowest BCUT2D eigenvalue weighted by atomic mass is 10.2. The molecule has 0 unspecified atom stereocenters. The van der Waals surface area contributed by atoms with E-state index >= 15 is 0 Å². The smallest absolute Gasteiger partial charge is 0.254 e. The normalized spacial score (nSPS) is 10.2. The third kappa shape index (κ3) is 4.37. The molecule has 0 aliphatic heterocycles. The van der Waals surface area contributed by atoms with Crippen molar-refractivity contribution in [2.24, 2.45) is 0 Å². The molecule has 150 valence electrons. The van der Waals surface area contributed by atoms with Crippen LogP contribution in [0, 0.1) is 6.92 Å². The number of carbonyl (C=O) groups is 1. The first-order chi connectivity index (χ1) is 14.1. The predicted molar refractivity (Wildman–Crippen MR) is 110 cm³/mol. The van der Waals surface area contributed by atoms with E-state index in [4.69, 9.17) is 14.2 Å². The molecule has 2 N–H and O–H groups in total. The van der Waals surface area contributed by atoms with E-state index in [2.05, 4.69) is 20.6 Å². The number of carbonyl (C=O) groups excluding carboxylic acids is 1. The first-order valence-corrected chi connectivity index (χ1v) is 8.88. The molecule has 0 saturated heterocycles. The van der Waals surface area contributed by atoms with Crippen molar-refractivity contribution in [3.8, 4) is 23.1 Å². The second-order valence-electron chi connectivity index (χ2n) is 6.03. The maximum Gasteiger partial charge on any atom is 0.254 e. The summed E-state index contributed by atoms with van der Waals surface area (Å²) in [5.74, 6) is 1.92. The number of anilines is 2. The number of para-hydroxylation sites is 2. The Bertz CT molecular complexity index is 1020. The Balaban J connectivity index is 1.92. The van der Waals surface area contributed by atoms with Crippen molar-refractivity contribution in [2.75, 3.05) is 26.6 Å². The molecule has 29 heavy (non-hydrogen) atoms.